The fourth-order valence-electron chi connectivity index (χ4n) is 1.62. The molecule has 1 heterocycles. The van der Waals surface area contributed by atoms with Crippen molar-refractivity contribution in [3.8, 4) is 0 Å². The summed E-state index contributed by atoms with van der Waals surface area (Å²) < 4.78 is 5.77. The van der Waals surface area contributed by atoms with E-state index < -0.39 is 0 Å². The first-order valence-corrected chi connectivity index (χ1v) is 6.14. The smallest absolute Gasteiger partial charge is 0.112 e. The summed E-state index contributed by atoms with van der Waals surface area (Å²) in [6.45, 7) is 0.903. The number of nitrogens with two attached hydrogens (primary N) is 1. The van der Waals surface area contributed by atoms with E-state index in [1.54, 1.807) is 6.20 Å². The molecule has 0 radical (unpaired) electrons. The van der Waals surface area contributed by atoms with Crippen LogP contribution in [-0.4, -0.2) is 11.5 Å². The number of benzene rings is 1. The van der Waals surface area contributed by atoms with Gasteiger partial charge in [0.15, 0.2) is 0 Å². The zero-order valence-corrected chi connectivity index (χ0v) is 10.7. The van der Waals surface area contributed by atoms with Gasteiger partial charge in [0.1, 0.15) is 6.10 Å². The van der Waals surface area contributed by atoms with Crippen molar-refractivity contribution in [2.24, 2.45) is 5.73 Å². The maximum Gasteiger partial charge on any atom is 0.112 e. The van der Waals surface area contributed by atoms with Gasteiger partial charge in [0, 0.05) is 17.8 Å². The minimum absolute atomic E-state index is 0.179. The molecule has 2 N–H and O–H groups in total. The Labute approximate surface area is 112 Å². The van der Waals surface area contributed by atoms with E-state index in [0.717, 1.165) is 16.3 Å². The summed E-state index contributed by atoms with van der Waals surface area (Å²) in [4.78, 5) is 4.25. The number of aromatic nitrogens is 1. The van der Waals surface area contributed by atoms with Crippen LogP contribution in [0.1, 0.15) is 17.4 Å². The monoisotopic (exact) mass is 262 g/mol. The number of nitrogens with zero attached hydrogens (tertiary/aromatic N) is 1. The molecule has 0 aliphatic heterocycles. The van der Waals surface area contributed by atoms with Crippen LogP contribution in [-0.2, 0) is 11.3 Å². The minimum Gasteiger partial charge on any atom is -0.366 e. The molecular formula is C14H15ClN2O. The summed E-state index contributed by atoms with van der Waals surface area (Å²) in [7, 11) is 0. The fourth-order valence-corrected chi connectivity index (χ4v) is 1.74. The third-order valence-electron chi connectivity index (χ3n) is 2.60. The molecule has 0 aliphatic rings. The van der Waals surface area contributed by atoms with Crippen molar-refractivity contribution >= 4 is 11.6 Å². The summed E-state index contributed by atoms with van der Waals surface area (Å²) in [5.74, 6) is 0. The van der Waals surface area contributed by atoms with Crippen LogP contribution in [0.15, 0.2) is 48.7 Å². The molecule has 1 unspecified atom stereocenters. The molecule has 1 aromatic carbocycles. The number of ether oxygens (including phenoxy) is 1. The van der Waals surface area contributed by atoms with Gasteiger partial charge in [0.25, 0.3) is 0 Å². The van der Waals surface area contributed by atoms with Gasteiger partial charge in [-0.15, -0.1) is 0 Å². The van der Waals surface area contributed by atoms with Crippen LogP contribution in [0.4, 0.5) is 0 Å². The summed E-state index contributed by atoms with van der Waals surface area (Å²) >= 11 is 5.83. The second-order valence-corrected chi connectivity index (χ2v) is 4.35. The molecule has 0 saturated heterocycles. The highest BCUT2D eigenvalue weighted by Crippen LogP contribution is 2.16. The van der Waals surface area contributed by atoms with Crippen molar-refractivity contribution in [2.45, 2.75) is 12.7 Å². The average Bonchev–Trinajstić information content (AvgIpc) is 2.43. The Morgan fingerprint density at radius 1 is 1.17 bits per heavy atom. The van der Waals surface area contributed by atoms with Gasteiger partial charge in [-0.25, -0.2) is 0 Å². The van der Waals surface area contributed by atoms with Crippen LogP contribution in [0.3, 0.4) is 0 Å². The Morgan fingerprint density at radius 2 is 1.94 bits per heavy atom. The Hall–Kier alpha value is -1.42. The first kappa shape index (κ1) is 13.0. The highest BCUT2D eigenvalue weighted by atomic mass is 35.5. The second kappa shape index (κ2) is 6.50. The predicted octanol–water partition coefficient (Wildman–Crippen LogP) is 2.95. The van der Waals surface area contributed by atoms with Gasteiger partial charge in [0.05, 0.1) is 12.3 Å². The molecular weight excluding hydrogens is 248 g/mol. The van der Waals surface area contributed by atoms with E-state index in [-0.39, 0.29) is 6.10 Å². The first-order valence-electron chi connectivity index (χ1n) is 5.76. The van der Waals surface area contributed by atoms with Crippen molar-refractivity contribution in [1.82, 2.24) is 4.98 Å². The number of hydrogen-bond acceptors (Lipinski definition) is 3. The van der Waals surface area contributed by atoms with Crippen LogP contribution < -0.4 is 5.73 Å². The van der Waals surface area contributed by atoms with Crippen molar-refractivity contribution in [3.05, 3.63) is 64.9 Å². The Balaban J connectivity index is 1.97. The Kier molecular flexibility index (Phi) is 4.70. The summed E-state index contributed by atoms with van der Waals surface area (Å²) in [6.07, 6.45) is 1.56. The lowest BCUT2D eigenvalue weighted by molar-refractivity contribution is 0.0429. The van der Waals surface area contributed by atoms with Crippen LogP contribution in [0.2, 0.25) is 5.02 Å². The maximum absolute atomic E-state index is 5.83. The lowest BCUT2D eigenvalue weighted by atomic mass is 10.2. The van der Waals surface area contributed by atoms with Crippen molar-refractivity contribution in [1.29, 1.82) is 0 Å². The highest BCUT2D eigenvalue weighted by Gasteiger charge is 2.10. The molecule has 1 aromatic heterocycles. The van der Waals surface area contributed by atoms with Crippen molar-refractivity contribution in [2.75, 3.05) is 6.54 Å². The average molecular weight is 263 g/mol. The van der Waals surface area contributed by atoms with Gasteiger partial charge in [0.2, 0.25) is 0 Å². The van der Waals surface area contributed by atoms with E-state index in [1.807, 2.05) is 42.5 Å². The SMILES string of the molecule is NCC(OCc1ccc(Cl)cc1)c1ccccn1. The molecule has 4 heteroatoms. The lowest BCUT2D eigenvalue weighted by Gasteiger charge is -2.15. The molecule has 2 rings (SSSR count). The summed E-state index contributed by atoms with van der Waals surface area (Å²) in [6, 6.07) is 13.3. The van der Waals surface area contributed by atoms with Gasteiger partial charge < -0.3 is 10.5 Å². The van der Waals surface area contributed by atoms with E-state index in [4.69, 9.17) is 22.1 Å². The largest absolute Gasteiger partial charge is 0.366 e. The van der Waals surface area contributed by atoms with Gasteiger partial charge in [-0.05, 0) is 29.8 Å². The molecule has 3 nitrogen and oxygen atoms in total. The molecule has 0 bridgehead atoms. The zero-order valence-electron chi connectivity index (χ0n) is 9.92. The fraction of sp³-hybridized carbons (Fsp3) is 0.214. The van der Waals surface area contributed by atoms with E-state index in [2.05, 4.69) is 4.98 Å². The predicted molar refractivity (Wildman–Crippen MR) is 72.3 cm³/mol. The molecule has 94 valence electrons. The van der Waals surface area contributed by atoms with Crippen LogP contribution >= 0.6 is 11.6 Å². The molecule has 2 aromatic rings. The lowest BCUT2D eigenvalue weighted by Crippen LogP contribution is -2.16. The Morgan fingerprint density at radius 3 is 2.56 bits per heavy atom. The minimum atomic E-state index is -0.179. The van der Waals surface area contributed by atoms with Gasteiger partial charge in [-0.1, -0.05) is 29.8 Å². The molecule has 1 atom stereocenters. The molecule has 0 fully saturated rings. The number of pyridine rings is 1. The van der Waals surface area contributed by atoms with Crippen LogP contribution in [0.5, 0.6) is 0 Å². The van der Waals surface area contributed by atoms with Gasteiger partial charge in [-0.2, -0.15) is 0 Å². The molecule has 18 heavy (non-hydrogen) atoms. The molecule has 0 aliphatic carbocycles. The van der Waals surface area contributed by atoms with E-state index in [0.29, 0.717) is 13.2 Å². The molecule has 0 spiro atoms. The second-order valence-electron chi connectivity index (χ2n) is 3.92. The quantitative estimate of drug-likeness (QED) is 0.901. The van der Waals surface area contributed by atoms with Gasteiger partial charge in [-0.3, -0.25) is 4.98 Å². The van der Waals surface area contributed by atoms with Gasteiger partial charge >= 0.3 is 0 Å². The standard InChI is InChI=1S/C14H15ClN2O/c15-12-6-4-11(5-7-12)10-18-14(9-16)13-3-1-2-8-17-13/h1-8,14H,9-10,16H2. The van der Waals surface area contributed by atoms with Crippen LogP contribution in [0.25, 0.3) is 0 Å². The van der Waals surface area contributed by atoms with Crippen molar-refractivity contribution < 1.29 is 4.74 Å². The summed E-state index contributed by atoms with van der Waals surface area (Å²) in [5.41, 5.74) is 7.63. The van der Waals surface area contributed by atoms with E-state index in [9.17, 15) is 0 Å². The highest BCUT2D eigenvalue weighted by molar-refractivity contribution is 6.30. The molecule has 0 amide bonds. The summed E-state index contributed by atoms with van der Waals surface area (Å²) in [5, 5.41) is 0.721. The third kappa shape index (κ3) is 3.53. The first-order chi connectivity index (χ1) is 8.79. The normalized spacial score (nSPS) is 12.3. The van der Waals surface area contributed by atoms with Crippen molar-refractivity contribution in [3.63, 3.8) is 0 Å². The zero-order chi connectivity index (χ0) is 12.8. The topological polar surface area (TPSA) is 48.1 Å². The third-order valence-corrected chi connectivity index (χ3v) is 2.85. The van der Waals surface area contributed by atoms with Crippen LogP contribution in [0, 0.1) is 0 Å². The Bertz CT molecular complexity index is 473. The number of hydrogen-bond donors (Lipinski definition) is 1. The van der Waals surface area contributed by atoms with E-state index >= 15 is 0 Å². The van der Waals surface area contributed by atoms with E-state index in [1.165, 1.54) is 0 Å². The number of halogens is 1. The number of rotatable bonds is 5. The maximum atomic E-state index is 5.83. The molecule has 0 saturated carbocycles.